The van der Waals surface area contributed by atoms with Crippen LogP contribution < -0.4 is 0 Å². The van der Waals surface area contributed by atoms with E-state index in [0.29, 0.717) is 18.8 Å². The van der Waals surface area contributed by atoms with E-state index in [9.17, 15) is 13.2 Å². The maximum absolute atomic E-state index is 11.8. The summed E-state index contributed by atoms with van der Waals surface area (Å²) in [5, 5.41) is 0. The van der Waals surface area contributed by atoms with E-state index in [0.717, 1.165) is 19.3 Å². The van der Waals surface area contributed by atoms with Crippen molar-refractivity contribution in [1.82, 2.24) is 0 Å². The van der Waals surface area contributed by atoms with E-state index in [1.165, 1.54) is 0 Å². The molecular weight excluding hydrogens is 181 g/mol. The van der Waals surface area contributed by atoms with E-state index in [1.54, 1.807) is 0 Å². The zero-order valence-corrected chi connectivity index (χ0v) is 7.73. The topological polar surface area (TPSA) is 9.23 Å². The van der Waals surface area contributed by atoms with E-state index in [-0.39, 0.29) is 0 Å². The first kappa shape index (κ1) is 10.8. The molecule has 0 atom stereocenters. The Morgan fingerprint density at radius 2 is 1.69 bits per heavy atom. The van der Waals surface area contributed by atoms with Gasteiger partial charge in [-0.3, -0.25) is 4.74 Å². The summed E-state index contributed by atoms with van der Waals surface area (Å²) in [6.07, 6.45) is -1.13. The second-order valence-electron chi connectivity index (χ2n) is 3.61. The summed E-state index contributed by atoms with van der Waals surface area (Å²) in [5.41, 5.74) is 0. The smallest absolute Gasteiger partial charge is 0.289 e. The number of rotatable bonds is 2. The van der Waals surface area contributed by atoms with Crippen molar-refractivity contribution in [2.24, 2.45) is 5.92 Å². The maximum Gasteiger partial charge on any atom is 0.522 e. The summed E-state index contributed by atoms with van der Waals surface area (Å²) in [4.78, 5) is 0. The van der Waals surface area contributed by atoms with Gasteiger partial charge in [0.25, 0.3) is 0 Å². The zero-order valence-electron chi connectivity index (χ0n) is 7.73. The average molecular weight is 196 g/mol. The zero-order chi connectivity index (χ0) is 9.90. The van der Waals surface area contributed by atoms with Crippen molar-refractivity contribution >= 4 is 0 Å². The van der Waals surface area contributed by atoms with Crippen LogP contribution in [0.4, 0.5) is 13.2 Å². The molecule has 1 aliphatic rings. The highest BCUT2D eigenvalue weighted by Crippen LogP contribution is 2.31. The first-order valence-electron chi connectivity index (χ1n) is 4.76. The van der Waals surface area contributed by atoms with Crippen molar-refractivity contribution in [3.63, 3.8) is 0 Å². The molecule has 0 bridgehead atoms. The Kier molecular flexibility index (Phi) is 3.59. The summed E-state index contributed by atoms with van der Waals surface area (Å²) in [6, 6.07) is 0. The van der Waals surface area contributed by atoms with Crippen LogP contribution in [0, 0.1) is 5.92 Å². The van der Waals surface area contributed by atoms with Gasteiger partial charge in [-0.25, -0.2) is 0 Å². The molecule has 0 N–H and O–H groups in total. The lowest BCUT2D eigenvalue weighted by Gasteiger charge is -2.28. The molecule has 0 aromatic carbocycles. The van der Waals surface area contributed by atoms with Crippen LogP contribution >= 0.6 is 0 Å². The third-order valence-corrected chi connectivity index (χ3v) is 2.67. The Morgan fingerprint density at radius 3 is 2.08 bits per heavy atom. The second-order valence-corrected chi connectivity index (χ2v) is 3.61. The lowest BCUT2D eigenvalue weighted by molar-refractivity contribution is -0.345. The molecule has 1 aliphatic carbocycles. The molecular formula is C9H15F3O. The van der Waals surface area contributed by atoms with Crippen LogP contribution in [0.1, 0.15) is 39.0 Å². The maximum atomic E-state index is 11.8. The molecule has 0 saturated heterocycles. The van der Waals surface area contributed by atoms with Gasteiger partial charge in [-0.15, -0.1) is 13.2 Å². The fourth-order valence-corrected chi connectivity index (χ4v) is 1.85. The summed E-state index contributed by atoms with van der Waals surface area (Å²) < 4.78 is 39.4. The van der Waals surface area contributed by atoms with Crippen LogP contribution in [0.15, 0.2) is 0 Å². The standard InChI is InChI=1S/C9H15F3O/c1-2-7-3-5-8(6-4-7)13-9(10,11)12/h7-8H,2-6H2,1H3. The summed E-state index contributed by atoms with van der Waals surface area (Å²) in [7, 11) is 0. The number of alkyl halides is 3. The second kappa shape index (κ2) is 4.31. The molecule has 0 aromatic heterocycles. The van der Waals surface area contributed by atoms with Crippen molar-refractivity contribution in [3.8, 4) is 0 Å². The minimum Gasteiger partial charge on any atom is -0.289 e. The Morgan fingerprint density at radius 1 is 1.15 bits per heavy atom. The molecule has 0 aliphatic heterocycles. The predicted octanol–water partition coefficient (Wildman–Crippen LogP) is 3.49. The van der Waals surface area contributed by atoms with Crippen LogP contribution in [-0.4, -0.2) is 12.5 Å². The van der Waals surface area contributed by atoms with Crippen LogP contribution in [0.5, 0.6) is 0 Å². The van der Waals surface area contributed by atoms with E-state index in [1.807, 2.05) is 0 Å². The molecule has 0 heterocycles. The minimum absolute atomic E-state index is 0.554. The monoisotopic (exact) mass is 196 g/mol. The van der Waals surface area contributed by atoms with Gasteiger partial charge in [-0.2, -0.15) is 0 Å². The van der Waals surface area contributed by atoms with Gasteiger partial charge in [0.2, 0.25) is 0 Å². The molecule has 1 rings (SSSR count). The summed E-state index contributed by atoms with van der Waals surface area (Å²) in [5.74, 6) is 0.605. The average Bonchev–Trinajstić information content (AvgIpc) is 2.03. The highest BCUT2D eigenvalue weighted by atomic mass is 19.4. The normalized spacial score (nSPS) is 30.5. The highest BCUT2D eigenvalue weighted by molar-refractivity contribution is 4.72. The summed E-state index contributed by atoms with van der Waals surface area (Å²) in [6.45, 7) is 2.08. The van der Waals surface area contributed by atoms with Crippen molar-refractivity contribution in [2.45, 2.75) is 51.5 Å². The van der Waals surface area contributed by atoms with Gasteiger partial charge in [0.05, 0.1) is 6.10 Å². The van der Waals surface area contributed by atoms with E-state index in [2.05, 4.69) is 11.7 Å². The molecule has 0 amide bonds. The van der Waals surface area contributed by atoms with Crippen LogP contribution in [0.25, 0.3) is 0 Å². The van der Waals surface area contributed by atoms with Crippen LogP contribution in [0.2, 0.25) is 0 Å². The quantitative estimate of drug-likeness (QED) is 0.656. The molecule has 0 unspecified atom stereocenters. The fourth-order valence-electron chi connectivity index (χ4n) is 1.85. The SMILES string of the molecule is CCC1CCC(OC(F)(F)F)CC1. The van der Waals surface area contributed by atoms with Gasteiger partial charge in [-0.1, -0.05) is 13.3 Å². The van der Waals surface area contributed by atoms with Gasteiger partial charge in [0.15, 0.2) is 0 Å². The number of hydrogen-bond donors (Lipinski definition) is 0. The van der Waals surface area contributed by atoms with Crippen molar-refractivity contribution in [3.05, 3.63) is 0 Å². The van der Waals surface area contributed by atoms with E-state index < -0.39 is 12.5 Å². The minimum atomic E-state index is -4.45. The molecule has 0 aromatic rings. The van der Waals surface area contributed by atoms with E-state index in [4.69, 9.17) is 0 Å². The molecule has 0 radical (unpaired) electrons. The Bertz CT molecular complexity index is 147. The third-order valence-electron chi connectivity index (χ3n) is 2.67. The van der Waals surface area contributed by atoms with Crippen molar-refractivity contribution in [1.29, 1.82) is 0 Å². The first-order chi connectivity index (χ1) is 6.01. The van der Waals surface area contributed by atoms with Gasteiger partial charge in [-0.05, 0) is 31.6 Å². The molecule has 1 fully saturated rings. The fraction of sp³-hybridized carbons (Fsp3) is 1.00. The van der Waals surface area contributed by atoms with Gasteiger partial charge in [0, 0.05) is 0 Å². The number of ether oxygens (including phenoxy) is 1. The van der Waals surface area contributed by atoms with Crippen LogP contribution in [-0.2, 0) is 4.74 Å². The molecule has 1 saturated carbocycles. The molecule has 1 nitrogen and oxygen atoms in total. The Balaban J connectivity index is 2.25. The van der Waals surface area contributed by atoms with Gasteiger partial charge < -0.3 is 0 Å². The largest absolute Gasteiger partial charge is 0.522 e. The lowest BCUT2D eigenvalue weighted by atomic mass is 9.86. The predicted molar refractivity (Wildman–Crippen MR) is 43.2 cm³/mol. The number of hydrogen-bond acceptors (Lipinski definition) is 1. The molecule has 78 valence electrons. The third kappa shape index (κ3) is 3.98. The lowest BCUT2D eigenvalue weighted by Crippen LogP contribution is -2.28. The van der Waals surface area contributed by atoms with E-state index >= 15 is 0 Å². The highest BCUT2D eigenvalue weighted by Gasteiger charge is 2.34. The van der Waals surface area contributed by atoms with Crippen molar-refractivity contribution in [2.75, 3.05) is 0 Å². The first-order valence-corrected chi connectivity index (χ1v) is 4.76. The van der Waals surface area contributed by atoms with Gasteiger partial charge in [0.1, 0.15) is 0 Å². The Hall–Kier alpha value is -0.250. The molecule has 13 heavy (non-hydrogen) atoms. The Labute approximate surface area is 76.3 Å². The number of halogens is 3. The molecule has 4 heteroatoms. The van der Waals surface area contributed by atoms with Crippen LogP contribution in [0.3, 0.4) is 0 Å². The van der Waals surface area contributed by atoms with Crippen molar-refractivity contribution < 1.29 is 17.9 Å². The molecule has 0 spiro atoms. The summed E-state index contributed by atoms with van der Waals surface area (Å²) >= 11 is 0. The van der Waals surface area contributed by atoms with Gasteiger partial charge >= 0.3 is 6.36 Å².